The van der Waals surface area contributed by atoms with Gasteiger partial charge < -0.3 is 19.5 Å². The lowest BCUT2D eigenvalue weighted by Crippen LogP contribution is -2.27. The summed E-state index contributed by atoms with van der Waals surface area (Å²) in [5.41, 5.74) is 0.972. The average Bonchev–Trinajstić information content (AvgIpc) is 2.97. The van der Waals surface area contributed by atoms with E-state index in [1.165, 1.54) is 0 Å². The van der Waals surface area contributed by atoms with E-state index in [2.05, 4.69) is 6.92 Å². The molecule has 1 aromatic carbocycles. The molecule has 1 aromatic rings. The van der Waals surface area contributed by atoms with Gasteiger partial charge in [0.1, 0.15) is 5.75 Å². The first-order chi connectivity index (χ1) is 11.4. The van der Waals surface area contributed by atoms with Crippen molar-refractivity contribution < 1.29 is 24.2 Å². The van der Waals surface area contributed by atoms with Crippen molar-refractivity contribution in [1.82, 2.24) is 4.90 Å². The number of ether oxygens (including phenoxy) is 2. The van der Waals surface area contributed by atoms with Gasteiger partial charge in [-0.25, -0.2) is 4.79 Å². The maximum atomic E-state index is 12.2. The smallest absolute Gasteiger partial charge is 0.341 e. The van der Waals surface area contributed by atoms with E-state index in [0.29, 0.717) is 24.8 Å². The average molecular weight is 335 g/mol. The molecule has 6 nitrogen and oxygen atoms in total. The zero-order valence-electron chi connectivity index (χ0n) is 14.2. The number of amides is 1. The Balaban J connectivity index is 1.75. The summed E-state index contributed by atoms with van der Waals surface area (Å²) in [6, 6.07) is 7.10. The molecule has 2 rings (SSSR count). The number of carboxylic acids is 1. The second-order valence-corrected chi connectivity index (χ2v) is 6.26. The minimum atomic E-state index is -1.01. The molecule has 1 aliphatic rings. The Bertz CT molecular complexity index is 557. The van der Waals surface area contributed by atoms with E-state index in [1.54, 1.807) is 24.1 Å². The summed E-state index contributed by atoms with van der Waals surface area (Å²) >= 11 is 0. The lowest BCUT2D eigenvalue weighted by atomic mass is 10.1. The van der Waals surface area contributed by atoms with Crippen LogP contribution in [0.1, 0.15) is 38.2 Å². The van der Waals surface area contributed by atoms with Gasteiger partial charge in [-0.2, -0.15) is 0 Å². The van der Waals surface area contributed by atoms with E-state index in [4.69, 9.17) is 14.6 Å². The van der Waals surface area contributed by atoms with Crippen LogP contribution in [0.2, 0.25) is 0 Å². The van der Waals surface area contributed by atoms with Crippen molar-refractivity contribution in [3.63, 3.8) is 0 Å². The topological polar surface area (TPSA) is 76.1 Å². The van der Waals surface area contributed by atoms with Gasteiger partial charge in [0, 0.05) is 20.0 Å². The van der Waals surface area contributed by atoms with E-state index >= 15 is 0 Å². The molecule has 1 heterocycles. The molecule has 1 aliphatic heterocycles. The Labute approximate surface area is 142 Å². The maximum absolute atomic E-state index is 12.2. The monoisotopic (exact) mass is 335 g/mol. The van der Waals surface area contributed by atoms with E-state index in [1.807, 2.05) is 12.1 Å². The lowest BCUT2D eigenvalue weighted by molar-refractivity contribution is -0.139. The largest absolute Gasteiger partial charge is 0.482 e. The Morgan fingerprint density at radius 3 is 2.58 bits per heavy atom. The highest BCUT2D eigenvalue weighted by atomic mass is 16.5. The van der Waals surface area contributed by atoms with Crippen LogP contribution in [0, 0.1) is 0 Å². The maximum Gasteiger partial charge on any atom is 0.341 e. The van der Waals surface area contributed by atoms with Crippen molar-refractivity contribution in [2.45, 2.75) is 51.4 Å². The normalized spacial score (nSPS) is 19.9. The number of carbonyl (C=O) groups is 2. The Kier molecular flexibility index (Phi) is 6.61. The van der Waals surface area contributed by atoms with Gasteiger partial charge >= 0.3 is 5.97 Å². The van der Waals surface area contributed by atoms with Gasteiger partial charge in [-0.05, 0) is 43.9 Å². The van der Waals surface area contributed by atoms with Crippen LogP contribution in [0.4, 0.5) is 0 Å². The third kappa shape index (κ3) is 5.85. The predicted octanol–water partition coefficient (Wildman–Crippen LogP) is 2.46. The quantitative estimate of drug-likeness (QED) is 0.790. The molecular formula is C18H25NO5. The van der Waals surface area contributed by atoms with Gasteiger partial charge in [-0.15, -0.1) is 0 Å². The van der Waals surface area contributed by atoms with Gasteiger partial charge in [0.15, 0.2) is 6.61 Å². The van der Waals surface area contributed by atoms with Gasteiger partial charge in [-0.1, -0.05) is 12.1 Å². The summed E-state index contributed by atoms with van der Waals surface area (Å²) in [5.74, 6) is -0.406. The molecule has 24 heavy (non-hydrogen) atoms. The van der Waals surface area contributed by atoms with Crippen LogP contribution in [-0.2, 0) is 20.9 Å². The fraction of sp³-hybridized carbons (Fsp3) is 0.556. The van der Waals surface area contributed by atoms with Crippen LogP contribution < -0.4 is 4.74 Å². The van der Waals surface area contributed by atoms with Crippen LogP contribution >= 0.6 is 0 Å². The molecule has 1 saturated heterocycles. The first-order valence-electron chi connectivity index (χ1n) is 8.27. The first kappa shape index (κ1) is 18.3. The van der Waals surface area contributed by atoms with Gasteiger partial charge in [-0.3, -0.25) is 4.79 Å². The van der Waals surface area contributed by atoms with Gasteiger partial charge in [0.05, 0.1) is 12.2 Å². The summed E-state index contributed by atoms with van der Waals surface area (Å²) in [6.07, 6.45) is 3.90. The minimum Gasteiger partial charge on any atom is -0.482 e. The molecule has 2 unspecified atom stereocenters. The number of benzene rings is 1. The zero-order chi connectivity index (χ0) is 17.5. The number of hydrogen-bond acceptors (Lipinski definition) is 4. The molecule has 0 saturated carbocycles. The molecule has 0 spiro atoms. The highest BCUT2D eigenvalue weighted by Gasteiger charge is 2.22. The summed E-state index contributed by atoms with van der Waals surface area (Å²) < 4.78 is 10.8. The summed E-state index contributed by atoms with van der Waals surface area (Å²) in [5, 5.41) is 8.57. The Hall–Kier alpha value is -2.08. The Morgan fingerprint density at radius 2 is 2.00 bits per heavy atom. The second-order valence-electron chi connectivity index (χ2n) is 6.26. The van der Waals surface area contributed by atoms with E-state index in [-0.39, 0.29) is 18.6 Å². The molecule has 0 bridgehead atoms. The van der Waals surface area contributed by atoms with E-state index in [0.717, 1.165) is 24.8 Å². The molecule has 1 N–H and O–H groups in total. The van der Waals surface area contributed by atoms with Gasteiger partial charge in [0.25, 0.3) is 0 Å². The molecule has 2 atom stereocenters. The summed E-state index contributed by atoms with van der Waals surface area (Å²) in [6.45, 7) is 2.22. The Morgan fingerprint density at radius 1 is 1.29 bits per heavy atom. The van der Waals surface area contributed by atoms with Gasteiger partial charge in [0.2, 0.25) is 5.91 Å². The molecular weight excluding hydrogens is 310 g/mol. The van der Waals surface area contributed by atoms with Crippen LogP contribution in [0.25, 0.3) is 0 Å². The number of aliphatic carboxylic acids is 1. The first-order valence-corrected chi connectivity index (χ1v) is 8.27. The van der Waals surface area contributed by atoms with Crippen LogP contribution in [0.3, 0.4) is 0 Å². The number of rotatable bonds is 8. The lowest BCUT2D eigenvalue weighted by Gasteiger charge is -2.19. The molecule has 1 fully saturated rings. The SMILES string of the molecule is CC1CCC(CCC(=O)N(C)Cc2ccc(OCC(=O)O)cc2)O1. The number of hydrogen-bond donors (Lipinski definition) is 1. The van der Waals surface area contributed by atoms with Crippen molar-refractivity contribution in [1.29, 1.82) is 0 Å². The number of carboxylic acid groups (broad SMARTS) is 1. The van der Waals surface area contributed by atoms with Crippen molar-refractivity contribution in [3.05, 3.63) is 29.8 Å². The summed E-state index contributed by atoms with van der Waals surface area (Å²) in [7, 11) is 1.79. The molecule has 0 radical (unpaired) electrons. The fourth-order valence-electron chi connectivity index (χ4n) is 2.77. The summed E-state index contributed by atoms with van der Waals surface area (Å²) in [4.78, 5) is 24.4. The third-order valence-corrected chi connectivity index (χ3v) is 4.13. The van der Waals surface area contributed by atoms with Crippen LogP contribution in [0.15, 0.2) is 24.3 Å². The standard InChI is InChI=1S/C18H25NO5/c1-13-3-6-16(24-13)9-10-17(20)19(2)11-14-4-7-15(8-5-14)23-12-18(21)22/h4-5,7-8,13,16H,3,6,9-12H2,1-2H3,(H,21,22). The van der Waals surface area contributed by atoms with E-state index < -0.39 is 5.97 Å². The minimum absolute atomic E-state index is 0.101. The highest BCUT2D eigenvalue weighted by Crippen LogP contribution is 2.23. The van der Waals surface area contributed by atoms with E-state index in [9.17, 15) is 9.59 Å². The van der Waals surface area contributed by atoms with Crippen LogP contribution in [0.5, 0.6) is 5.75 Å². The molecule has 132 valence electrons. The molecule has 6 heteroatoms. The number of carbonyl (C=O) groups excluding carboxylic acids is 1. The molecule has 0 aliphatic carbocycles. The van der Waals surface area contributed by atoms with Crippen molar-refractivity contribution >= 4 is 11.9 Å². The highest BCUT2D eigenvalue weighted by molar-refractivity contribution is 5.75. The van der Waals surface area contributed by atoms with Crippen LogP contribution in [-0.4, -0.2) is 47.7 Å². The third-order valence-electron chi connectivity index (χ3n) is 4.13. The predicted molar refractivity (Wildman–Crippen MR) is 88.8 cm³/mol. The molecule has 1 amide bonds. The van der Waals surface area contributed by atoms with Crippen molar-refractivity contribution in [3.8, 4) is 5.75 Å². The number of nitrogens with zero attached hydrogens (tertiary/aromatic N) is 1. The molecule has 0 aromatic heterocycles. The zero-order valence-corrected chi connectivity index (χ0v) is 14.2. The second kappa shape index (κ2) is 8.68. The van der Waals surface area contributed by atoms with Crippen molar-refractivity contribution in [2.24, 2.45) is 0 Å². The van der Waals surface area contributed by atoms with Crippen molar-refractivity contribution in [2.75, 3.05) is 13.7 Å². The fourth-order valence-corrected chi connectivity index (χ4v) is 2.77.